The van der Waals surface area contributed by atoms with Crippen molar-refractivity contribution in [2.24, 2.45) is 0 Å². The van der Waals surface area contributed by atoms with E-state index in [0.29, 0.717) is 5.69 Å². The summed E-state index contributed by atoms with van der Waals surface area (Å²) in [7, 11) is 0. The molecule has 1 rings (SSSR count). The molecule has 48 valence electrons. The van der Waals surface area contributed by atoms with Crippen LogP contribution >= 0.6 is 0 Å². The molecule has 0 aliphatic carbocycles. The molecule has 1 aromatic rings. The number of hydrogen-bond donors (Lipinski definition) is 3. The van der Waals surface area contributed by atoms with Gasteiger partial charge in [0.05, 0.1) is 11.9 Å². The first-order valence-corrected chi connectivity index (χ1v) is 2.48. The van der Waals surface area contributed by atoms with Gasteiger partial charge in [0.15, 0.2) is 0 Å². The maximum absolute atomic E-state index is 7.10. The summed E-state index contributed by atoms with van der Waals surface area (Å²) in [4.78, 5) is 0. The van der Waals surface area contributed by atoms with E-state index in [1.54, 1.807) is 6.07 Å². The van der Waals surface area contributed by atoms with Gasteiger partial charge in [0.2, 0.25) is 0 Å². The van der Waals surface area contributed by atoms with Crippen LogP contribution in [0.3, 0.4) is 0 Å². The van der Waals surface area contributed by atoms with Crippen molar-refractivity contribution in [3.05, 3.63) is 23.8 Å². The fraction of sp³-hybridized carbons (Fsp3) is 0. The van der Waals surface area contributed by atoms with Gasteiger partial charge in [-0.2, -0.15) is 0 Å². The van der Waals surface area contributed by atoms with Gasteiger partial charge < -0.3 is 11.6 Å². The summed E-state index contributed by atoms with van der Waals surface area (Å²) < 4.78 is 1.16. The normalized spacial score (nSPS) is 9.33. The second kappa shape index (κ2) is 1.81. The van der Waals surface area contributed by atoms with E-state index in [1.807, 2.05) is 0 Å². The number of pyridine rings is 1. The van der Waals surface area contributed by atoms with Crippen LogP contribution in [0.1, 0.15) is 0 Å². The molecular formula is C5H8N4. The molecule has 0 radical (unpaired) electrons. The molecule has 0 saturated heterocycles. The topological polar surface area (TPSA) is 80.8 Å². The highest BCUT2D eigenvalue weighted by atomic mass is 15.3. The van der Waals surface area contributed by atoms with Crippen LogP contribution in [0.2, 0.25) is 0 Å². The van der Waals surface area contributed by atoms with E-state index in [2.05, 4.69) is 0 Å². The van der Waals surface area contributed by atoms with Crippen LogP contribution in [0.15, 0.2) is 18.3 Å². The fourth-order valence-electron chi connectivity index (χ4n) is 0.534. The Morgan fingerprint density at radius 1 is 1.44 bits per heavy atom. The molecule has 5 N–H and O–H groups in total. The van der Waals surface area contributed by atoms with Crippen molar-refractivity contribution in [1.29, 1.82) is 5.41 Å². The Kier molecular flexibility index (Phi) is 1.14. The Morgan fingerprint density at radius 3 is 2.56 bits per heavy atom. The van der Waals surface area contributed by atoms with Crippen molar-refractivity contribution < 1.29 is 0 Å². The summed E-state index contributed by atoms with van der Waals surface area (Å²) in [6, 6.07) is 3.17. The molecule has 0 unspecified atom stereocenters. The van der Waals surface area contributed by atoms with Gasteiger partial charge in [0.25, 0.3) is 0 Å². The number of nitrogens with two attached hydrogens (primary N) is 2. The standard InChI is InChI=1S/C5H8N4/c6-4-1-2-5(7)9(8)3-4/h1-3,7H,6,8H2. The number of nitrogens with one attached hydrogen (secondary N) is 1. The van der Waals surface area contributed by atoms with E-state index in [4.69, 9.17) is 17.0 Å². The second-order valence-electron chi connectivity index (χ2n) is 1.75. The summed E-state index contributed by atoms with van der Waals surface area (Å²) in [5.74, 6) is 5.27. The average molecular weight is 124 g/mol. The van der Waals surface area contributed by atoms with E-state index in [1.165, 1.54) is 12.3 Å². The molecule has 0 spiro atoms. The molecule has 4 nitrogen and oxygen atoms in total. The average Bonchev–Trinajstić information content (AvgIpc) is 1.80. The van der Waals surface area contributed by atoms with Crippen LogP contribution < -0.4 is 17.1 Å². The zero-order chi connectivity index (χ0) is 6.85. The lowest BCUT2D eigenvalue weighted by molar-refractivity contribution is 0.883. The third kappa shape index (κ3) is 1.02. The van der Waals surface area contributed by atoms with E-state index in [-0.39, 0.29) is 5.49 Å². The Labute approximate surface area is 52.2 Å². The minimum absolute atomic E-state index is 0.240. The lowest BCUT2D eigenvalue weighted by Crippen LogP contribution is -2.25. The number of anilines is 1. The summed E-state index contributed by atoms with van der Waals surface area (Å²) in [5, 5.41) is 7.10. The Hall–Kier alpha value is -1.45. The van der Waals surface area contributed by atoms with Gasteiger partial charge >= 0.3 is 0 Å². The number of nitrogen functional groups attached to an aromatic ring is 2. The van der Waals surface area contributed by atoms with E-state index < -0.39 is 0 Å². The van der Waals surface area contributed by atoms with Gasteiger partial charge in [-0.1, -0.05) is 0 Å². The third-order valence-corrected chi connectivity index (χ3v) is 1.000. The van der Waals surface area contributed by atoms with Crippen molar-refractivity contribution >= 4 is 5.69 Å². The van der Waals surface area contributed by atoms with E-state index in [0.717, 1.165) is 4.68 Å². The summed E-state index contributed by atoms with van der Waals surface area (Å²) >= 11 is 0. The lowest BCUT2D eigenvalue weighted by Gasteiger charge is -1.97. The van der Waals surface area contributed by atoms with Crippen molar-refractivity contribution in [1.82, 2.24) is 4.68 Å². The van der Waals surface area contributed by atoms with Gasteiger partial charge in [-0.25, -0.2) is 0 Å². The predicted octanol–water partition coefficient (Wildman–Crippen LogP) is -0.736. The first-order valence-electron chi connectivity index (χ1n) is 2.48. The molecule has 1 heterocycles. The van der Waals surface area contributed by atoms with Crippen molar-refractivity contribution in [3.8, 4) is 0 Å². The quantitative estimate of drug-likeness (QED) is 0.398. The highest BCUT2D eigenvalue weighted by Crippen LogP contribution is 1.90. The number of nitrogens with zero attached hydrogens (tertiary/aromatic N) is 1. The zero-order valence-corrected chi connectivity index (χ0v) is 4.83. The van der Waals surface area contributed by atoms with Gasteiger partial charge in [0, 0.05) is 0 Å². The number of hydrogen-bond acceptors (Lipinski definition) is 3. The van der Waals surface area contributed by atoms with Crippen LogP contribution in [0.25, 0.3) is 0 Å². The largest absolute Gasteiger partial charge is 0.397 e. The van der Waals surface area contributed by atoms with Gasteiger partial charge in [-0.05, 0) is 12.1 Å². The highest BCUT2D eigenvalue weighted by Gasteiger charge is 1.84. The van der Waals surface area contributed by atoms with Crippen molar-refractivity contribution in [2.45, 2.75) is 0 Å². The molecular weight excluding hydrogens is 116 g/mol. The van der Waals surface area contributed by atoms with Gasteiger partial charge in [-0.15, -0.1) is 0 Å². The second-order valence-corrected chi connectivity index (χ2v) is 1.75. The highest BCUT2D eigenvalue weighted by molar-refractivity contribution is 5.32. The van der Waals surface area contributed by atoms with Crippen LogP contribution in [0.4, 0.5) is 5.69 Å². The van der Waals surface area contributed by atoms with E-state index in [9.17, 15) is 0 Å². The van der Waals surface area contributed by atoms with Crippen LogP contribution in [-0.2, 0) is 0 Å². The summed E-state index contributed by atoms with van der Waals surface area (Å²) in [6.07, 6.45) is 1.49. The molecule has 0 atom stereocenters. The van der Waals surface area contributed by atoms with Gasteiger partial charge in [-0.3, -0.25) is 10.1 Å². The molecule has 0 amide bonds. The first kappa shape index (κ1) is 5.68. The maximum atomic E-state index is 7.10. The summed E-state index contributed by atoms with van der Waals surface area (Å²) in [5.41, 5.74) is 6.15. The molecule has 0 aliphatic heterocycles. The Balaban J connectivity index is 3.34. The number of aromatic nitrogens is 1. The van der Waals surface area contributed by atoms with E-state index >= 15 is 0 Å². The first-order chi connectivity index (χ1) is 4.20. The number of rotatable bonds is 0. The molecule has 0 bridgehead atoms. The predicted molar refractivity (Wildman–Crippen MR) is 34.8 cm³/mol. The minimum Gasteiger partial charge on any atom is -0.397 e. The molecule has 9 heavy (non-hydrogen) atoms. The molecule has 4 heteroatoms. The van der Waals surface area contributed by atoms with Crippen molar-refractivity contribution in [3.63, 3.8) is 0 Å². The zero-order valence-electron chi connectivity index (χ0n) is 4.83. The minimum atomic E-state index is 0.240. The smallest absolute Gasteiger partial charge is 0.143 e. The Bertz CT molecular complexity index is 262. The maximum Gasteiger partial charge on any atom is 0.143 e. The molecule has 0 saturated carbocycles. The summed E-state index contributed by atoms with van der Waals surface area (Å²) in [6.45, 7) is 0. The molecule has 0 fully saturated rings. The van der Waals surface area contributed by atoms with Crippen LogP contribution in [0.5, 0.6) is 0 Å². The SMILES string of the molecule is N=c1ccc(N)cn1N. The monoisotopic (exact) mass is 124 g/mol. The van der Waals surface area contributed by atoms with Crippen molar-refractivity contribution in [2.75, 3.05) is 11.6 Å². The lowest BCUT2D eigenvalue weighted by atomic mass is 10.4. The fourth-order valence-corrected chi connectivity index (χ4v) is 0.534. The van der Waals surface area contributed by atoms with Crippen LogP contribution in [0, 0.1) is 5.41 Å². The molecule has 0 aromatic carbocycles. The molecule has 1 aromatic heterocycles. The molecule has 0 aliphatic rings. The Morgan fingerprint density at radius 2 is 2.11 bits per heavy atom. The van der Waals surface area contributed by atoms with Gasteiger partial charge in [0.1, 0.15) is 5.49 Å². The third-order valence-electron chi connectivity index (χ3n) is 1.000. The van der Waals surface area contributed by atoms with Crippen LogP contribution in [-0.4, -0.2) is 4.68 Å².